The number of aromatic nitrogens is 4. The molecule has 1 amide bonds. The topological polar surface area (TPSA) is 87.9 Å². The molecule has 0 unspecified atom stereocenters. The number of hydrogen-bond donors (Lipinski definition) is 1. The molecular formula is C20H17N5O2. The Morgan fingerprint density at radius 3 is 2.96 bits per heavy atom. The molecule has 7 nitrogen and oxygen atoms in total. The van der Waals surface area contributed by atoms with Crippen molar-refractivity contribution < 1.29 is 9.32 Å². The summed E-state index contributed by atoms with van der Waals surface area (Å²) in [6.07, 6.45) is 2.44. The van der Waals surface area contributed by atoms with Crippen LogP contribution < -0.4 is 0 Å². The minimum absolute atomic E-state index is 0.0109. The average Bonchev–Trinajstić information content (AvgIpc) is 3.47. The molecule has 4 aromatic rings. The Bertz CT molecular complexity index is 1100. The maximum Gasteiger partial charge on any atom is 0.253 e. The third kappa shape index (κ3) is 2.87. The fourth-order valence-corrected chi connectivity index (χ4v) is 3.50. The first-order valence-electron chi connectivity index (χ1n) is 8.89. The van der Waals surface area contributed by atoms with E-state index in [1.54, 1.807) is 6.33 Å². The van der Waals surface area contributed by atoms with Gasteiger partial charge in [-0.3, -0.25) is 4.79 Å². The molecule has 2 aromatic heterocycles. The number of H-pyrrole nitrogens is 1. The summed E-state index contributed by atoms with van der Waals surface area (Å²) in [7, 11) is 0. The molecule has 2 aromatic carbocycles. The molecule has 0 radical (unpaired) electrons. The summed E-state index contributed by atoms with van der Waals surface area (Å²) < 4.78 is 5.47. The number of amides is 1. The van der Waals surface area contributed by atoms with Gasteiger partial charge in [-0.15, -0.1) is 0 Å². The van der Waals surface area contributed by atoms with E-state index in [-0.39, 0.29) is 11.8 Å². The van der Waals surface area contributed by atoms with E-state index in [0.717, 1.165) is 23.0 Å². The predicted molar refractivity (Wildman–Crippen MR) is 99.1 cm³/mol. The van der Waals surface area contributed by atoms with Crippen LogP contribution in [0, 0.1) is 0 Å². The summed E-state index contributed by atoms with van der Waals surface area (Å²) in [5.41, 5.74) is 3.29. The Morgan fingerprint density at radius 2 is 2.07 bits per heavy atom. The van der Waals surface area contributed by atoms with Gasteiger partial charge in [0.15, 0.2) is 0 Å². The number of benzene rings is 2. The summed E-state index contributed by atoms with van der Waals surface area (Å²) in [6, 6.07) is 15.3. The SMILES string of the molecule is O=C(c1ccc2nc[nH]c2c1)N1CC[C@@H](c2nc(-c3ccccc3)no2)C1. The van der Waals surface area contributed by atoms with E-state index in [0.29, 0.717) is 30.4 Å². The van der Waals surface area contributed by atoms with Crippen LogP contribution in [0.2, 0.25) is 0 Å². The number of imidazole rings is 1. The lowest BCUT2D eigenvalue weighted by atomic mass is 10.1. The zero-order valence-electron chi connectivity index (χ0n) is 14.5. The highest BCUT2D eigenvalue weighted by Crippen LogP contribution is 2.29. The van der Waals surface area contributed by atoms with E-state index < -0.39 is 0 Å². The van der Waals surface area contributed by atoms with E-state index in [9.17, 15) is 4.79 Å². The van der Waals surface area contributed by atoms with Crippen LogP contribution in [0.25, 0.3) is 22.4 Å². The minimum Gasteiger partial charge on any atom is -0.345 e. The molecule has 7 heteroatoms. The summed E-state index contributed by atoms with van der Waals surface area (Å²) >= 11 is 0. The molecule has 1 aliphatic rings. The third-order valence-corrected chi connectivity index (χ3v) is 4.97. The molecular weight excluding hydrogens is 342 g/mol. The zero-order valence-corrected chi connectivity index (χ0v) is 14.5. The Kier molecular flexibility index (Phi) is 3.71. The number of hydrogen-bond acceptors (Lipinski definition) is 5. The van der Waals surface area contributed by atoms with Gasteiger partial charge >= 0.3 is 0 Å². The van der Waals surface area contributed by atoms with Crippen molar-refractivity contribution in [3.05, 3.63) is 66.3 Å². The Balaban J connectivity index is 1.32. The number of nitrogens with one attached hydrogen (secondary N) is 1. The van der Waals surface area contributed by atoms with Crippen molar-refractivity contribution in [3.8, 4) is 11.4 Å². The number of aromatic amines is 1. The molecule has 0 aliphatic carbocycles. The van der Waals surface area contributed by atoms with Gasteiger partial charge in [-0.05, 0) is 24.6 Å². The van der Waals surface area contributed by atoms with Crippen molar-refractivity contribution in [2.75, 3.05) is 13.1 Å². The Morgan fingerprint density at radius 1 is 1.19 bits per heavy atom. The first kappa shape index (κ1) is 15.7. The maximum atomic E-state index is 12.8. The molecule has 5 rings (SSSR count). The van der Waals surface area contributed by atoms with E-state index in [1.807, 2.05) is 53.4 Å². The average molecular weight is 359 g/mol. The van der Waals surface area contributed by atoms with Gasteiger partial charge in [-0.2, -0.15) is 4.98 Å². The van der Waals surface area contributed by atoms with Gasteiger partial charge in [0.2, 0.25) is 11.7 Å². The lowest BCUT2D eigenvalue weighted by molar-refractivity contribution is 0.0789. The normalized spacial score (nSPS) is 16.9. The van der Waals surface area contributed by atoms with Gasteiger partial charge in [0, 0.05) is 24.2 Å². The highest BCUT2D eigenvalue weighted by Gasteiger charge is 2.31. The molecule has 1 aliphatic heterocycles. The number of likely N-dealkylation sites (tertiary alicyclic amines) is 1. The lowest BCUT2D eigenvalue weighted by Crippen LogP contribution is -2.28. The summed E-state index contributed by atoms with van der Waals surface area (Å²) in [4.78, 5) is 26.4. The van der Waals surface area contributed by atoms with Crippen LogP contribution in [-0.4, -0.2) is 44.0 Å². The number of carbonyl (C=O) groups is 1. The van der Waals surface area contributed by atoms with Gasteiger partial charge in [-0.25, -0.2) is 4.98 Å². The molecule has 0 saturated carbocycles. The van der Waals surface area contributed by atoms with Crippen molar-refractivity contribution >= 4 is 16.9 Å². The number of fused-ring (bicyclic) bond motifs is 1. The van der Waals surface area contributed by atoms with Gasteiger partial charge < -0.3 is 14.4 Å². The predicted octanol–water partition coefficient (Wildman–Crippen LogP) is 3.24. The lowest BCUT2D eigenvalue weighted by Gasteiger charge is -2.15. The first-order chi connectivity index (χ1) is 13.3. The molecule has 3 heterocycles. The number of rotatable bonds is 3. The van der Waals surface area contributed by atoms with Crippen molar-refractivity contribution in [3.63, 3.8) is 0 Å². The third-order valence-electron chi connectivity index (χ3n) is 4.97. The van der Waals surface area contributed by atoms with Gasteiger partial charge in [0.05, 0.1) is 23.3 Å². The second kappa shape index (κ2) is 6.35. The quantitative estimate of drug-likeness (QED) is 0.607. The highest BCUT2D eigenvalue weighted by molar-refractivity contribution is 5.97. The highest BCUT2D eigenvalue weighted by atomic mass is 16.5. The summed E-state index contributed by atoms with van der Waals surface area (Å²) in [6.45, 7) is 1.25. The fraction of sp³-hybridized carbons (Fsp3) is 0.200. The van der Waals surface area contributed by atoms with Crippen LogP contribution in [0.3, 0.4) is 0 Å². The fourth-order valence-electron chi connectivity index (χ4n) is 3.50. The monoisotopic (exact) mass is 359 g/mol. The second-order valence-corrected chi connectivity index (χ2v) is 6.69. The van der Waals surface area contributed by atoms with E-state index >= 15 is 0 Å². The molecule has 1 N–H and O–H groups in total. The molecule has 0 bridgehead atoms. The van der Waals surface area contributed by atoms with Crippen molar-refractivity contribution in [1.29, 1.82) is 0 Å². The largest absolute Gasteiger partial charge is 0.345 e. The van der Waals surface area contributed by atoms with Crippen LogP contribution in [0.4, 0.5) is 0 Å². The molecule has 1 atom stereocenters. The molecule has 134 valence electrons. The van der Waals surface area contributed by atoms with Gasteiger partial charge in [0.1, 0.15) is 0 Å². The number of nitrogens with zero attached hydrogens (tertiary/aromatic N) is 4. The van der Waals surface area contributed by atoms with Crippen LogP contribution >= 0.6 is 0 Å². The van der Waals surface area contributed by atoms with Gasteiger partial charge in [0.25, 0.3) is 5.91 Å². The zero-order chi connectivity index (χ0) is 18.2. The van der Waals surface area contributed by atoms with Crippen LogP contribution in [0.1, 0.15) is 28.6 Å². The van der Waals surface area contributed by atoms with Gasteiger partial charge in [-0.1, -0.05) is 35.5 Å². The van der Waals surface area contributed by atoms with Crippen molar-refractivity contribution in [2.24, 2.45) is 0 Å². The summed E-state index contributed by atoms with van der Waals surface area (Å²) in [5.74, 6) is 1.25. The Hall–Kier alpha value is -3.48. The molecule has 27 heavy (non-hydrogen) atoms. The smallest absolute Gasteiger partial charge is 0.253 e. The number of carbonyl (C=O) groups excluding carboxylic acids is 1. The first-order valence-corrected chi connectivity index (χ1v) is 8.89. The minimum atomic E-state index is 0.0109. The standard InChI is InChI=1S/C20H17N5O2/c26-20(14-6-7-16-17(10-14)22-12-21-16)25-9-8-15(11-25)19-23-18(24-27-19)13-4-2-1-3-5-13/h1-7,10,12,15H,8-9,11H2,(H,21,22)/t15-/m1/s1. The second-order valence-electron chi connectivity index (χ2n) is 6.69. The van der Waals surface area contributed by atoms with E-state index in [4.69, 9.17) is 4.52 Å². The van der Waals surface area contributed by atoms with Crippen molar-refractivity contribution in [1.82, 2.24) is 25.0 Å². The Labute approximate surface area is 155 Å². The van der Waals surface area contributed by atoms with Crippen LogP contribution in [-0.2, 0) is 0 Å². The van der Waals surface area contributed by atoms with E-state index in [2.05, 4.69) is 20.1 Å². The molecule has 0 spiro atoms. The summed E-state index contributed by atoms with van der Waals surface area (Å²) in [5, 5.41) is 4.09. The maximum absolute atomic E-state index is 12.8. The molecule has 1 saturated heterocycles. The van der Waals surface area contributed by atoms with Crippen LogP contribution in [0.15, 0.2) is 59.4 Å². The van der Waals surface area contributed by atoms with Crippen LogP contribution in [0.5, 0.6) is 0 Å². The van der Waals surface area contributed by atoms with Crippen molar-refractivity contribution in [2.45, 2.75) is 12.3 Å². The molecule has 1 fully saturated rings. The van der Waals surface area contributed by atoms with E-state index in [1.165, 1.54) is 0 Å².